The normalized spacial score (nSPS) is 14.1. The molecule has 1 amide bonds. The van der Waals surface area contributed by atoms with Crippen LogP contribution in [0.3, 0.4) is 0 Å². The highest BCUT2D eigenvalue weighted by Crippen LogP contribution is 2.41. The molecule has 0 atom stereocenters. The van der Waals surface area contributed by atoms with Crippen molar-refractivity contribution >= 4 is 32.4 Å². The lowest BCUT2D eigenvalue weighted by atomic mass is 10.1. The van der Waals surface area contributed by atoms with Crippen LogP contribution in [0, 0.1) is 13.8 Å². The number of amides is 1. The highest BCUT2D eigenvalue weighted by molar-refractivity contribution is 7.93. The fraction of sp³-hybridized carbons (Fsp3) is 0.167. The minimum absolute atomic E-state index is 0.245. The van der Waals surface area contributed by atoms with E-state index in [2.05, 4.69) is 10.4 Å². The van der Waals surface area contributed by atoms with Crippen molar-refractivity contribution in [1.82, 2.24) is 15.1 Å². The first kappa shape index (κ1) is 20.3. The molecule has 2 heterocycles. The molecule has 1 aliphatic rings. The Morgan fingerprint density at radius 1 is 0.969 bits per heavy atom. The van der Waals surface area contributed by atoms with E-state index in [1.54, 1.807) is 24.3 Å². The number of aryl methyl sites for hydroxylation is 1. The smallest absolute Gasteiger partial charge is 0.265 e. The molecule has 0 spiro atoms. The van der Waals surface area contributed by atoms with Gasteiger partial charge in [-0.1, -0.05) is 42.5 Å². The van der Waals surface area contributed by atoms with Gasteiger partial charge in [0.15, 0.2) is 0 Å². The summed E-state index contributed by atoms with van der Waals surface area (Å²) in [6, 6.07) is 20.4. The van der Waals surface area contributed by atoms with Crippen molar-refractivity contribution in [3.8, 4) is 5.69 Å². The summed E-state index contributed by atoms with van der Waals surface area (Å²) in [7, 11) is -3.77. The highest BCUT2D eigenvalue weighted by atomic mass is 32.2. The van der Waals surface area contributed by atoms with Crippen LogP contribution in [0.4, 0.5) is 5.69 Å². The van der Waals surface area contributed by atoms with Crippen LogP contribution in [0.15, 0.2) is 71.6 Å². The van der Waals surface area contributed by atoms with Crippen molar-refractivity contribution in [2.75, 3.05) is 10.8 Å². The van der Waals surface area contributed by atoms with Gasteiger partial charge in [0.25, 0.3) is 10.0 Å². The zero-order valence-electron chi connectivity index (χ0n) is 17.7. The first-order valence-electron chi connectivity index (χ1n) is 10.3. The fourth-order valence-corrected chi connectivity index (χ4v) is 5.92. The maximum atomic E-state index is 13.1. The van der Waals surface area contributed by atoms with Gasteiger partial charge in [-0.2, -0.15) is 5.10 Å². The summed E-state index contributed by atoms with van der Waals surface area (Å²) in [5.41, 5.74) is 4.15. The van der Waals surface area contributed by atoms with Crippen LogP contribution in [-0.4, -0.2) is 30.7 Å². The molecule has 5 rings (SSSR count). The van der Waals surface area contributed by atoms with Crippen LogP contribution in [0.5, 0.6) is 0 Å². The lowest BCUT2D eigenvalue weighted by Crippen LogP contribution is -2.38. The third-order valence-corrected chi connectivity index (χ3v) is 7.67. The quantitative estimate of drug-likeness (QED) is 0.509. The van der Waals surface area contributed by atoms with Crippen LogP contribution in [-0.2, 0) is 21.4 Å². The third kappa shape index (κ3) is 3.15. The molecule has 1 N–H and O–H groups in total. The van der Waals surface area contributed by atoms with Crippen molar-refractivity contribution in [2.45, 2.75) is 25.3 Å². The molecule has 7 nitrogen and oxygen atoms in total. The molecular formula is C24H22N4O3S. The van der Waals surface area contributed by atoms with Gasteiger partial charge in [0.1, 0.15) is 6.54 Å². The average molecular weight is 447 g/mol. The number of rotatable bonds is 5. The zero-order valence-corrected chi connectivity index (χ0v) is 18.6. The molecule has 1 aromatic heterocycles. The summed E-state index contributed by atoms with van der Waals surface area (Å²) in [6.45, 7) is 3.85. The van der Waals surface area contributed by atoms with E-state index in [9.17, 15) is 13.2 Å². The van der Waals surface area contributed by atoms with E-state index in [0.717, 1.165) is 28.0 Å². The Morgan fingerprint density at radius 2 is 1.69 bits per heavy atom. The van der Waals surface area contributed by atoms with Crippen molar-refractivity contribution in [3.63, 3.8) is 0 Å². The van der Waals surface area contributed by atoms with E-state index in [1.165, 1.54) is 4.31 Å². The fourth-order valence-electron chi connectivity index (χ4n) is 4.25. The first-order chi connectivity index (χ1) is 15.4. The monoisotopic (exact) mass is 446 g/mol. The topological polar surface area (TPSA) is 84.3 Å². The SMILES string of the molecule is Cc1nn(-c2ccccc2)c(C)c1CNC(=O)CN1c2cccc3cccc(c23)S1(=O)=O. The molecule has 32 heavy (non-hydrogen) atoms. The van der Waals surface area contributed by atoms with E-state index >= 15 is 0 Å². The van der Waals surface area contributed by atoms with E-state index in [0.29, 0.717) is 11.1 Å². The maximum Gasteiger partial charge on any atom is 0.265 e. The van der Waals surface area contributed by atoms with Crippen LogP contribution < -0.4 is 9.62 Å². The molecule has 1 aliphatic heterocycles. The van der Waals surface area contributed by atoms with Crippen LogP contribution in [0.25, 0.3) is 16.5 Å². The van der Waals surface area contributed by atoms with E-state index in [4.69, 9.17) is 0 Å². The Kier molecular flexibility index (Phi) is 4.74. The summed E-state index contributed by atoms with van der Waals surface area (Å²) in [5.74, 6) is -0.371. The van der Waals surface area contributed by atoms with Gasteiger partial charge in [-0.15, -0.1) is 0 Å². The number of benzene rings is 3. The number of sulfonamides is 1. The molecule has 4 aromatic rings. The molecule has 0 saturated heterocycles. The number of hydrogen-bond acceptors (Lipinski definition) is 4. The predicted molar refractivity (Wildman–Crippen MR) is 123 cm³/mol. The molecule has 0 unspecified atom stereocenters. The number of carbonyl (C=O) groups excluding carboxylic acids is 1. The number of aromatic nitrogens is 2. The van der Waals surface area contributed by atoms with Gasteiger partial charge >= 0.3 is 0 Å². The number of nitrogens with zero attached hydrogens (tertiary/aromatic N) is 3. The molecular weight excluding hydrogens is 424 g/mol. The molecule has 0 bridgehead atoms. The van der Waals surface area contributed by atoms with Gasteiger partial charge in [0, 0.05) is 23.2 Å². The second kappa shape index (κ2) is 7.49. The molecule has 0 fully saturated rings. The molecule has 8 heteroatoms. The second-order valence-electron chi connectivity index (χ2n) is 7.82. The predicted octanol–water partition coefficient (Wildman–Crippen LogP) is 3.47. The van der Waals surface area contributed by atoms with Crippen LogP contribution in [0.2, 0.25) is 0 Å². The van der Waals surface area contributed by atoms with Crippen LogP contribution in [0.1, 0.15) is 17.0 Å². The van der Waals surface area contributed by atoms with Crippen molar-refractivity contribution in [2.24, 2.45) is 0 Å². The molecule has 0 radical (unpaired) electrons. The molecule has 3 aromatic carbocycles. The second-order valence-corrected chi connectivity index (χ2v) is 9.65. The average Bonchev–Trinajstić information content (AvgIpc) is 3.20. The van der Waals surface area contributed by atoms with E-state index in [1.807, 2.05) is 61.0 Å². The van der Waals surface area contributed by atoms with Gasteiger partial charge in [-0.3, -0.25) is 9.10 Å². The van der Waals surface area contributed by atoms with Crippen molar-refractivity contribution in [1.29, 1.82) is 0 Å². The highest BCUT2D eigenvalue weighted by Gasteiger charge is 2.36. The molecule has 162 valence electrons. The summed E-state index contributed by atoms with van der Waals surface area (Å²) >= 11 is 0. The first-order valence-corrected chi connectivity index (χ1v) is 11.7. The maximum absolute atomic E-state index is 13.1. The van der Waals surface area contributed by atoms with Gasteiger partial charge in [0.05, 0.1) is 22.0 Å². The number of nitrogens with one attached hydrogen (secondary N) is 1. The third-order valence-electron chi connectivity index (χ3n) is 5.87. The largest absolute Gasteiger partial charge is 0.350 e. The summed E-state index contributed by atoms with van der Waals surface area (Å²) < 4.78 is 29.2. The Labute approximate surface area is 186 Å². The standard InChI is InChI=1S/C24H22N4O3S/c1-16-20(17(2)28(26-16)19-10-4-3-5-11-19)14-25-23(29)15-27-21-12-6-8-18-9-7-13-22(24(18)21)32(27,30)31/h3-13H,14-15H2,1-2H3,(H,25,29). The van der Waals surface area contributed by atoms with Gasteiger partial charge in [-0.25, -0.2) is 13.1 Å². The summed E-state index contributed by atoms with van der Waals surface area (Å²) in [5, 5.41) is 8.97. The van der Waals surface area contributed by atoms with Crippen LogP contribution >= 0.6 is 0 Å². The lowest BCUT2D eigenvalue weighted by Gasteiger charge is -2.18. The minimum atomic E-state index is -3.77. The van der Waals surface area contributed by atoms with Crippen molar-refractivity contribution < 1.29 is 13.2 Å². The zero-order chi connectivity index (χ0) is 22.5. The number of hydrogen-bond donors (Lipinski definition) is 1. The number of carbonyl (C=O) groups is 1. The Morgan fingerprint density at radius 3 is 2.44 bits per heavy atom. The lowest BCUT2D eigenvalue weighted by molar-refractivity contribution is -0.119. The Balaban J connectivity index is 1.36. The number of anilines is 1. The summed E-state index contributed by atoms with van der Waals surface area (Å²) in [4.78, 5) is 13.0. The minimum Gasteiger partial charge on any atom is -0.350 e. The molecule has 0 saturated carbocycles. The number of para-hydroxylation sites is 1. The van der Waals surface area contributed by atoms with Gasteiger partial charge < -0.3 is 5.32 Å². The van der Waals surface area contributed by atoms with Gasteiger partial charge in [-0.05, 0) is 43.5 Å². The van der Waals surface area contributed by atoms with Crippen molar-refractivity contribution in [3.05, 3.63) is 83.7 Å². The molecule has 0 aliphatic carbocycles. The van der Waals surface area contributed by atoms with Gasteiger partial charge in [0.2, 0.25) is 5.91 Å². The Hall–Kier alpha value is -3.65. The van der Waals surface area contributed by atoms with E-state index in [-0.39, 0.29) is 23.9 Å². The van der Waals surface area contributed by atoms with E-state index < -0.39 is 10.0 Å². The summed E-state index contributed by atoms with van der Waals surface area (Å²) in [6.07, 6.45) is 0. The Bertz CT molecular complexity index is 1450.